The smallest absolute Gasteiger partial charge is 0.272 e. The van der Waals surface area contributed by atoms with E-state index in [2.05, 4.69) is 10.3 Å². The SMILES string of the molecule is CN1C(=O)[C@H](NC(=O)C=Cc2c(Cl)cccc2Cl)N=C(c2ccccc2)c2ccccc21. The molecule has 0 spiro atoms. The highest BCUT2D eigenvalue weighted by atomic mass is 35.5. The quantitative estimate of drug-likeness (QED) is 0.555. The zero-order valence-corrected chi connectivity index (χ0v) is 18.6. The minimum Gasteiger partial charge on any atom is -0.323 e. The van der Waals surface area contributed by atoms with Crippen LogP contribution in [0.2, 0.25) is 10.0 Å². The fourth-order valence-corrected chi connectivity index (χ4v) is 3.98. The largest absolute Gasteiger partial charge is 0.323 e. The second-order valence-corrected chi connectivity index (χ2v) is 7.95. The molecule has 0 aliphatic carbocycles. The summed E-state index contributed by atoms with van der Waals surface area (Å²) < 4.78 is 0. The summed E-state index contributed by atoms with van der Waals surface area (Å²) in [5, 5.41) is 3.54. The molecule has 1 aliphatic heterocycles. The highest BCUT2D eigenvalue weighted by Crippen LogP contribution is 2.27. The van der Waals surface area contributed by atoms with E-state index in [9.17, 15) is 9.59 Å². The Kier molecular flexibility index (Phi) is 6.40. The molecule has 3 aromatic rings. The van der Waals surface area contributed by atoms with Crippen LogP contribution in [0.1, 0.15) is 16.7 Å². The fourth-order valence-electron chi connectivity index (χ4n) is 3.45. The standard InChI is InChI=1S/C25H19Cl2N3O2/c1-30-21-13-6-5-10-18(21)23(16-8-3-2-4-9-16)29-24(25(30)32)28-22(31)15-14-17-19(26)11-7-12-20(17)27/h2-15,24H,1H3,(H,28,31)/t24-/m1/s1. The summed E-state index contributed by atoms with van der Waals surface area (Å²) in [5.41, 5.74) is 3.53. The molecule has 32 heavy (non-hydrogen) atoms. The van der Waals surface area contributed by atoms with Crippen molar-refractivity contribution in [3.8, 4) is 0 Å². The molecule has 0 aromatic heterocycles. The third-order valence-corrected chi connectivity index (χ3v) is 5.73. The number of hydrogen-bond donors (Lipinski definition) is 1. The summed E-state index contributed by atoms with van der Waals surface area (Å²) in [6.45, 7) is 0. The van der Waals surface area contributed by atoms with Gasteiger partial charge < -0.3 is 10.2 Å². The molecule has 0 radical (unpaired) electrons. The lowest BCUT2D eigenvalue weighted by molar-refractivity contribution is -0.124. The topological polar surface area (TPSA) is 61.8 Å². The van der Waals surface area contributed by atoms with E-state index in [4.69, 9.17) is 23.2 Å². The van der Waals surface area contributed by atoms with Gasteiger partial charge in [-0.1, -0.05) is 77.8 Å². The van der Waals surface area contributed by atoms with Crippen molar-refractivity contribution >= 4 is 52.5 Å². The molecule has 0 unspecified atom stereocenters. The number of carbonyl (C=O) groups excluding carboxylic acids is 2. The number of aliphatic imine (C=N–C) groups is 1. The van der Waals surface area contributed by atoms with Crippen LogP contribution in [-0.2, 0) is 9.59 Å². The maximum Gasteiger partial charge on any atom is 0.272 e. The lowest BCUT2D eigenvalue weighted by Gasteiger charge is -2.20. The number of amides is 2. The molecule has 4 rings (SSSR count). The second kappa shape index (κ2) is 9.39. The number of benzene rings is 3. The lowest BCUT2D eigenvalue weighted by Crippen LogP contribution is -2.45. The monoisotopic (exact) mass is 463 g/mol. The molecule has 3 aromatic carbocycles. The Bertz CT molecular complexity index is 1220. The van der Waals surface area contributed by atoms with E-state index in [0.29, 0.717) is 21.3 Å². The number of para-hydroxylation sites is 1. The predicted molar refractivity (Wildman–Crippen MR) is 129 cm³/mol. The number of likely N-dealkylation sites (N-methyl/N-ethyl adjacent to an activating group) is 1. The van der Waals surface area contributed by atoms with E-state index in [-0.39, 0.29) is 5.91 Å². The molecule has 1 atom stereocenters. The number of fused-ring (bicyclic) bond motifs is 1. The van der Waals surface area contributed by atoms with Gasteiger partial charge in [0.05, 0.1) is 11.4 Å². The Hall–Kier alpha value is -3.41. The van der Waals surface area contributed by atoms with E-state index < -0.39 is 12.1 Å². The molecule has 5 nitrogen and oxygen atoms in total. The number of carbonyl (C=O) groups is 2. The van der Waals surface area contributed by atoms with E-state index in [0.717, 1.165) is 16.8 Å². The van der Waals surface area contributed by atoms with Crippen LogP contribution in [0.25, 0.3) is 6.08 Å². The van der Waals surface area contributed by atoms with Crippen molar-refractivity contribution in [2.45, 2.75) is 6.17 Å². The molecule has 0 saturated carbocycles. The van der Waals surface area contributed by atoms with E-state index in [1.54, 1.807) is 25.2 Å². The number of nitrogens with one attached hydrogen (secondary N) is 1. The van der Waals surface area contributed by atoms with Gasteiger partial charge in [0.25, 0.3) is 5.91 Å². The number of halogens is 2. The average molecular weight is 464 g/mol. The first-order valence-electron chi connectivity index (χ1n) is 9.88. The molecule has 0 fully saturated rings. The first kappa shape index (κ1) is 21.8. The Morgan fingerprint density at radius 2 is 1.62 bits per heavy atom. The van der Waals surface area contributed by atoms with Crippen LogP contribution in [0.5, 0.6) is 0 Å². The van der Waals surface area contributed by atoms with E-state index in [1.165, 1.54) is 17.1 Å². The summed E-state index contributed by atoms with van der Waals surface area (Å²) in [5.74, 6) is -0.837. The average Bonchev–Trinajstić information content (AvgIpc) is 2.90. The van der Waals surface area contributed by atoms with Crippen molar-refractivity contribution in [2.75, 3.05) is 11.9 Å². The highest BCUT2D eigenvalue weighted by Gasteiger charge is 2.30. The summed E-state index contributed by atoms with van der Waals surface area (Å²) in [6.07, 6.45) is 1.71. The number of anilines is 1. The molecule has 7 heteroatoms. The van der Waals surface area contributed by atoms with Crippen molar-refractivity contribution in [1.82, 2.24) is 5.32 Å². The summed E-state index contributed by atoms with van der Waals surface area (Å²) in [7, 11) is 1.67. The number of benzodiazepines with no additional fused rings is 1. The van der Waals surface area contributed by atoms with Gasteiger partial charge in [-0.05, 0) is 24.3 Å². The minimum absolute atomic E-state index is 0.346. The van der Waals surface area contributed by atoms with Gasteiger partial charge in [-0.15, -0.1) is 0 Å². The summed E-state index contributed by atoms with van der Waals surface area (Å²) in [6, 6.07) is 22.2. The molecule has 1 N–H and O–H groups in total. The Morgan fingerprint density at radius 3 is 2.34 bits per heavy atom. The van der Waals surface area contributed by atoms with Gasteiger partial charge >= 0.3 is 0 Å². The Labute approximate surface area is 196 Å². The lowest BCUT2D eigenvalue weighted by atomic mass is 10.0. The van der Waals surface area contributed by atoms with Crippen LogP contribution in [-0.4, -0.2) is 30.7 Å². The molecule has 0 bridgehead atoms. The van der Waals surface area contributed by atoms with Crippen LogP contribution >= 0.6 is 23.2 Å². The van der Waals surface area contributed by atoms with E-state index >= 15 is 0 Å². The van der Waals surface area contributed by atoms with Gasteiger partial charge in [0, 0.05) is 39.9 Å². The van der Waals surface area contributed by atoms with Crippen molar-refractivity contribution in [2.24, 2.45) is 4.99 Å². The van der Waals surface area contributed by atoms with Crippen molar-refractivity contribution in [1.29, 1.82) is 0 Å². The van der Waals surface area contributed by atoms with E-state index in [1.807, 2.05) is 54.6 Å². The fraction of sp³-hybridized carbons (Fsp3) is 0.0800. The van der Waals surface area contributed by atoms with Gasteiger partial charge in [-0.25, -0.2) is 4.99 Å². The normalized spacial score (nSPS) is 15.8. The number of rotatable bonds is 4. The predicted octanol–water partition coefficient (Wildman–Crippen LogP) is 4.96. The van der Waals surface area contributed by atoms with Crippen LogP contribution in [0.4, 0.5) is 5.69 Å². The van der Waals surface area contributed by atoms with Crippen molar-refractivity contribution < 1.29 is 9.59 Å². The van der Waals surface area contributed by atoms with Crippen molar-refractivity contribution in [3.05, 3.63) is 106 Å². The highest BCUT2D eigenvalue weighted by molar-refractivity contribution is 6.37. The molecular formula is C25H19Cl2N3O2. The zero-order chi connectivity index (χ0) is 22.7. The molecule has 1 heterocycles. The second-order valence-electron chi connectivity index (χ2n) is 7.14. The zero-order valence-electron chi connectivity index (χ0n) is 17.1. The van der Waals surface area contributed by atoms with Gasteiger partial charge in [0.15, 0.2) is 0 Å². The molecule has 0 saturated heterocycles. The van der Waals surface area contributed by atoms with Gasteiger partial charge in [0.2, 0.25) is 12.1 Å². The molecule has 1 aliphatic rings. The van der Waals surface area contributed by atoms with Gasteiger partial charge in [-0.3, -0.25) is 9.59 Å². The number of nitrogens with zero attached hydrogens (tertiary/aromatic N) is 2. The van der Waals surface area contributed by atoms with Crippen molar-refractivity contribution in [3.63, 3.8) is 0 Å². The Balaban J connectivity index is 1.68. The van der Waals surface area contributed by atoms with Gasteiger partial charge in [-0.2, -0.15) is 0 Å². The third kappa shape index (κ3) is 4.44. The molecule has 160 valence electrons. The number of hydrogen-bond acceptors (Lipinski definition) is 3. The van der Waals surface area contributed by atoms with Crippen LogP contribution < -0.4 is 10.2 Å². The summed E-state index contributed by atoms with van der Waals surface area (Å²) in [4.78, 5) is 32.0. The van der Waals surface area contributed by atoms with Gasteiger partial charge in [0.1, 0.15) is 0 Å². The Morgan fingerprint density at radius 1 is 0.969 bits per heavy atom. The van der Waals surface area contributed by atoms with Crippen LogP contribution in [0.3, 0.4) is 0 Å². The van der Waals surface area contributed by atoms with Crippen LogP contribution in [0, 0.1) is 0 Å². The first-order chi connectivity index (χ1) is 15.5. The first-order valence-corrected chi connectivity index (χ1v) is 10.6. The summed E-state index contributed by atoms with van der Waals surface area (Å²) >= 11 is 12.3. The molecule has 2 amide bonds. The molecular weight excluding hydrogens is 445 g/mol. The third-order valence-electron chi connectivity index (χ3n) is 5.07. The maximum absolute atomic E-state index is 13.1. The maximum atomic E-state index is 13.1. The minimum atomic E-state index is -1.10. The van der Waals surface area contributed by atoms with Crippen LogP contribution in [0.15, 0.2) is 83.9 Å².